The van der Waals surface area contributed by atoms with Gasteiger partial charge in [-0.15, -0.1) is 0 Å². The number of ether oxygens (including phenoxy) is 1. The molecule has 1 aromatic heterocycles. The minimum Gasteiger partial charge on any atom is -0.465 e. The molecule has 0 amide bonds. The van der Waals surface area contributed by atoms with Gasteiger partial charge in [0.25, 0.3) is 6.01 Å². The number of oxazole rings is 1. The van der Waals surface area contributed by atoms with E-state index in [1.165, 1.54) is 13.3 Å². The molecule has 3 aromatic rings. The number of hydrogen-bond acceptors (Lipinski definition) is 5. The zero-order chi connectivity index (χ0) is 17.1. The van der Waals surface area contributed by atoms with Crippen LogP contribution in [0.4, 0.5) is 20.5 Å². The Morgan fingerprint density at radius 3 is 2.83 bits per heavy atom. The van der Waals surface area contributed by atoms with Crippen LogP contribution in [0.3, 0.4) is 0 Å². The molecule has 3 rings (SSSR count). The van der Waals surface area contributed by atoms with Crippen LogP contribution in [-0.2, 0) is 4.74 Å². The highest BCUT2D eigenvalue weighted by atomic mass is 19.1. The predicted molar refractivity (Wildman–Crippen MR) is 82.9 cm³/mol. The smallest absolute Gasteiger partial charge is 0.337 e. The lowest BCUT2D eigenvalue weighted by Crippen LogP contribution is -2.00. The van der Waals surface area contributed by atoms with Crippen LogP contribution in [-0.4, -0.2) is 18.1 Å². The van der Waals surface area contributed by atoms with E-state index in [4.69, 9.17) is 4.42 Å². The third-order valence-corrected chi connectivity index (χ3v) is 3.24. The standard InChI is InChI=1S/C17H12F2N2O3/c1-23-16(22)11-4-2-3-10(7-11)15-9-20-17(24-15)21-14-8-12(18)5-6-13(14)19/h2-9H,1H3,(H,20,21). The van der Waals surface area contributed by atoms with Crippen LogP contribution in [0.2, 0.25) is 0 Å². The number of methoxy groups -OCH3 is 1. The van der Waals surface area contributed by atoms with Crippen molar-refractivity contribution in [2.45, 2.75) is 0 Å². The quantitative estimate of drug-likeness (QED) is 0.728. The van der Waals surface area contributed by atoms with Crippen molar-refractivity contribution in [3.63, 3.8) is 0 Å². The normalized spacial score (nSPS) is 10.5. The van der Waals surface area contributed by atoms with E-state index in [0.29, 0.717) is 16.9 Å². The highest BCUT2D eigenvalue weighted by Crippen LogP contribution is 2.26. The number of rotatable bonds is 4. The molecule has 0 aliphatic rings. The van der Waals surface area contributed by atoms with Gasteiger partial charge in [-0.3, -0.25) is 0 Å². The van der Waals surface area contributed by atoms with E-state index in [-0.39, 0.29) is 11.7 Å². The summed E-state index contributed by atoms with van der Waals surface area (Å²) in [6.45, 7) is 0. The Labute approximate surface area is 135 Å². The lowest BCUT2D eigenvalue weighted by molar-refractivity contribution is 0.0601. The number of benzene rings is 2. The predicted octanol–water partition coefficient (Wildman–Crippen LogP) is 4.15. The van der Waals surface area contributed by atoms with Crippen LogP contribution in [0, 0.1) is 11.6 Å². The molecule has 0 atom stereocenters. The number of nitrogens with one attached hydrogen (secondary N) is 1. The summed E-state index contributed by atoms with van der Waals surface area (Å²) >= 11 is 0. The van der Waals surface area contributed by atoms with Crippen molar-refractivity contribution in [1.29, 1.82) is 0 Å². The van der Waals surface area contributed by atoms with Crippen LogP contribution in [0.1, 0.15) is 10.4 Å². The first-order valence-corrected chi connectivity index (χ1v) is 6.93. The van der Waals surface area contributed by atoms with Crippen molar-refractivity contribution in [2.75, 3.05) is 12.4 Å². The molecule has 1 heterocycles. The molecule has 122 valence electrons. The van der Waals surface area contributed by atoms with Gasteiger partial charge in [-0.1, -0.05) is 12.1 Å². The van der Waals surface area contributed by atoms with Crippen LogP contribution < -0.4 is 5.32 Å². The fourth-order valence-corrected chi connectivity index (χ4v) is 2.09. The zero-order valence-electron chi connectivity index (χ0n) is 12.5. The summed E-state index contributed by atoms with van der Waals surface area (Å²) in [7, 11) is 1.29. The Morgan fingerprint density at radius 2 is 2.04 bits per heavy atom. The monoisotopic (exact) mass is 330 g/mol. The fraction of sp³-hybridized carbons (Fsp3) is 0.0588. The van der Waals surface area contributed by atoms with Gasteiger partial charge in [-0.2, -0.15) is 0 Å². The van der Waals surface area contributed by atoms with Crippen molar-refractivity contribution < 1.29 is 22.7 Å². The SMILES string of the molecule is COC(=O)c1cccc(-c2cnc(Nc3cc(F)ccc3F)o2)c1. The highest BCUT2D eigenvalue weighted by Gasteiger charge is 2.12. The lowest BCUT2D eigenvalue weighted by atomic mass is 10.1. The maximum absolute atomic E-state index is 13.6. The molecule has 5 nitrogen and oxygen atoms in total. The number of aromatic nitrogens is 1. The van der Waals surface area contributed by atoms with Gasteiger partial charge in [0, 0.05) is 11.6 Å². The van der Waals surface area contributed by atoms with Gasteiger partial charge in [0.05, 0.1) is 24.6 Å². The van der Waals surface area contributed by atoms with Crippen molar-refractivity contribution >= 4 is 17.7 Å². The van der Waals surface area contributed by atoms with Gasteiger partial charge in [0.2, 0.25) is 0 Å². The van der Waals surface area contributed by atoms with E-state index in [1.54, 1.807) is 24.3 Å². The van der Waals surface area contributed by atoms with E-state index < -0.39 is 17.6 Å². The maximum Gasteiger partial charge on any atom is 0.337 e. The molecule has 0 fully saturated rings. The van der Waals surface area contributed by atoms with Crippen molar-refractivity contribution in [2.24, 2.45) is 0 Å². The first kappa shape index (κ1) is 15.7. The summed E-state index contributed by atoms with van der Waals surface area (Å²) < 4.78 is 36.9. The summed E-state index contributed by atoms with van der Waals surface area (Å²) in [5.41, 5.74) is 0.863. The van der Waals surface area contributed by atoms with Crippen molar-refractivity contribution in [3.05, 3.63) is 65.9 Å². The van der Waals surface area contributed by atoms with Gasteiger partial charge in [0.15, 0.2) is 5.76 Å². The molecule has 0 aliphatic heterocycles. The number of esters is 1. The molecule has 0 saturated carbocycles. The lowest BCUT2D eigenvalue weighted by Gasteiger charge is -2.03. The number of anilines is 2. The van der Waals surface area contributed by atoms with Gasteiger partial charge < -0.3 is 14.5 Å². The second-order valence-electron chi connectivity index (χ2n) is 4.85. The molecule has 0 radical (unpaired) electrons. The number of carbonyl (C=O) groups excluding carboxylic acids is 1. The second-order valence-corrected chi connectivity index (χ2v) is 4.85. The molecule has 0 saturated heterocycles. The zero-order valence-corrected chi connectivity index (χ0v) is 12.5. The van der Waals surface area contributed by atoms with E-state index in [9.17, 15) is 13.6 Å². The molecular formula is C17H12F2N2O3. The van der Waals surface area contributed by atoms with E-state index in [1.807, 2.05) is 0 Å². The molecule has 7 heteroatoms. The first-order chi connectivity index (χ1) is 11.6. The third-order valence-electron chi connectivity index (χ3n) is 3.24. The number of carbonyl (C=O) groups is 1. The topological polar surface area (TPSA) is 64.4 Å². The molecule has 2 aromatic carbocycles. The summed E-state index contributed by atoms with van der Waals surface area (Å²) in [6, 6.07) is 9.59. The molecule has 0 spiro atoms. The summed E-state index contributed by atoms with van der Waals surface area (Å²) in [5, 5.41) is 2.57. The Kier molecular flexibility index (Phi) is 4.24. The average molecular weight is 330 g/mol. The second kappa shape index (κ2) is 6.49. The van der Waals surface area contributed by atoms with Crippen LogP contribution in [0.15, 0.2) is 53.1 Å². The Morgan fingerprint density at radius 1 is 1.21 bits per heavy atom. The van der Waals surface area contributed by atoms with Crippen molar-refractivity contribution in [3.8, 4) is 11.3 Å². The van der Waals surface area contributed by atoms with Gasteiger partial charge in [-0.05, 0) is 24.3 Å². The summed E-state index contributed by atoms with van der Waals surface area (Å²) in [4.78, 5) is 15.5. The molecule has 1 N–H and O–H groups in total. The van der Waals surface area contributed by atoms with Crippen LogP contribution in [0.5, 0.6) is 0 Å². The third kappa shape index (κ3) is 3.24. The highest BCUT2D eigenvalue weighted by molar-refractivity contribution is 5.90. The molecule has 24 heavy (non-hydrogen) atoms. The molecule has 0 unspecified atom stereocenters. The van der Waals surface area contributed by atoms with E-state index in [0.717, 1.165) is 18.2 Å². The summed E-state index contributed by atoms with van der Waals surface area (Å²) in [5.74, 6) is -1.34. The Hall–Kier alpha value is -3.22. The minimum atomic E-state index is -0.635. The van der Waals surface area contributed by atoms with Crippen LogP contribution in [0.25, 0.3) is 11.3 Å². The van der Waals surface area contributed by atoms with Gasteiger partial charge >= 0.3 is 5.97 Å². The maximum atomic E-state index is 13.6. The fourth-order valence-electron chi connectivity index (χ4n) is 2.09. The number of hydrogen-bond donors (Lipinski definition) is 1. The van der Waals surface area contributed by atoms with Gasteiger partial charge in [-0.25, -0.2) is 18.6 Å². The Bertz CT molecular complexity index is 893. The van der Waals surface area contributed by atoms with Crippen LogP contribution >= 0.6 is 0 Å². The summed E-state index contributed by atoms with van der Waals surface area (Å²) in [6.07, 6.45) is 1.41. The Balaban J connectivity index is 1.86. The van der Waals surface area contributed by atoms with Gasteiger partial charge in [0.1, 0.15) is 11.6 Å². The molecule has 0 bridgehead atoms. The van der Waals surface area contributed by atoms with Crippen molar-refractivity contribution in [1.82, 2.24) is 4.98 Å². The number of halogens is 2. The minimum absolute atomic E-state index is 0.00188. The van der Waals surface area contributed by atoms with E-state index in [2.05, 4.69) is 15.0 Å². The molecular weight excluding hydrogens is 318 g/mol. The first-order valence-electron chi connectivity index (χ1n) is 6.93. The average Bonchev–Trinajstić information content (AvgIpc) is 3.06. The number of nitrogens with zero attached hydrogens (tertiary/aromatic N) is 1. The molecule has 0 aliphatic carbocycles. The largest absolute Gasteiger partial charge is 0.465 e. The van der Waals surface area contributed by atoms with E-state index >= 15 is 0 Å².